The van der Waals surface area contributed by atoms with Crippen LogP contribution in [-0.4, -0.2) is 14.5 Å². The lowest BCUT2D eigenvalue weighted by molar-refractivity contribution is 0.553. The van der Waals surface area contributed by atoms with Gasteiger partial charge in [-0.15, -0.1) is 11.3 Å². The molecule has 2 N–H and O–H groups in total. The molecule has 0 aliphatic rings. The van der Waals surface area contributed by atoms with Crippen LogP contribution in [-0.2, 0) is 6.42 Å². The van der Waals surface area contributed by atoms with Crippen LogP contribution in [0.15, 0.2) is 43.0 Å². The molecule has 0 saturated heterocycles. The lowest BCUT2D eigenvalue weighted by atomic mass is 10.1. The van der Waals surface area contributed by atoms with Crippen molar-refractivity contribution in [2.24, 2.45) is 0 Å². The Morgan fingerprint density at radius 1 is 1.24 bits per heavy atom. The fourth-order valence-electron chi connectivity index (χ4n) is 2.42. The van der Waals surface area contributed by atoms with Crippen LogP contribution in [0.5, 0.6) is 0 Å². The van der Waals surface area contributed by atoms with Gasteiger partial charge in [0.2, 0.25) is 0 Å². The minimum absolute atomic E-state index is 0.345. The Morgan fingerprint density at radius 3 is 2.76 bits per heavy atom. The molecule has 0 amide bonds. The minimum atomic E-state index is 0.345. The average molecular weight is 298 g/mol. The summed E-state index contributed by atoms with van der Waals surface area (Å²) < 4.78 is 2.20. The summed E-state index contributed by atoms with van der Waals surface area (Å²) in [6.07, 6.45) is 6.56. The third-order valence-corrected chi connectivity index (χ3v) is 4.54. The van der Waals surface area contributed by atoms with Crippen LogP contribution in [0.4, 0.5) is 5.82 Å². The van der Waals surface area contributed by atoms with Crippen molar-refractivity contribution in [3.8, 4) is 11.3 Å². The summed E-state index contributed by atoms with van der Waals surface area (Å²) >= 11 is 1.85. The predicted molar refractivity (Wildman–Crippen MR) is 87.3 cm³/mol. The molecule has 108 valence electrons. The van der Waals surface area contributed by atoms with Crippen molar-refractivity contribution < 1.29 is 0 Å². The molecule has 3 heterocycles. The third-order valence-electron chi connectivity index (χ3n) is 3.52. The number of aryl methyl sites for hydroxylation is 1. The maximum atomic E-state index is 5.65. The van der Waals surface area contributed by atoms with Crippen LogP contribution < -0.4 is 5.73 Å². The van der Waals surface area contributed by atoms with E-state index in [2.05, 4.69) is 40.5 Å². The van der Waals surface area contributed by atoms with Crippen LogP contribution in [0.25, 0.3) is 11.3 Å². The van der Waals surface area contributed by atoms with Gasteiger partial charge in [-0.2, -0.15) is 0 Å². The molecule has 3 aromatic rings. The molecule has 0 aliphatic heterocycles. The summed E-state index contributed by atoms with van der Waals surface area (Å²) in [5.74, 6) is 0.534. The molecule has 4 nitrogen and oxygen atoms in total. The molecular formula is C16H18N4S. The number of imidazole rings is 1. The zero-order valence-electron chi connectivity index (χ0n) is 12.2. The smallest absolute Gasteiger partial charge is 0.123 e. The molecule has 21 heavy (non-hydrogen) atoms. The fourth-order valence-corrected chi connectivity index (χ4v) is 3.43. The largest absolute Gasteiger partial charge is 0.384 e. The predicted octanol–water partition coefficient (Wildman–Crippen LogP) is 3.70. The van der Waals surface area contributed by atoms with Gasteiger partial charge in [-0.3, -0.25) is 0 Å². The summed E-state index contributed by atoms with van der Waals surface area (Å²) in [6.45, 7) is 4.35. The van der Waals surface area contributed by atoms with Crippen LogP contribution >= 0.6 is 11.3 Å². The first-order valence-corrected chi connectivity index (χ1v) is 7.74. The van der Waals surface area contributed by atoms with Crippen LogP contribution in [0, 0.1) is 6.92 Å². The number of nitrogens with two attached hydrogens (primary N) is 1. The topological polar surface area (TPSA) is 56.7 Å². The Hall–Kier alpha value is -2.14. The number of hydrogen-bond acceptors (Lipinski definition) is 4. The molecule has 0 saturated carbocycles. The van der Waals surface area contributed by atoms with E-state index in [0.717, 1.165) is 17.7 Å². The molecule has 0 radical (unpaired) electrons. The highest BCUT2D eigenvalue weighted by Crippen LogP contribution is 2.26. The molecule has 3 aromatic heterocycles. The molecule has 1 atom stereocenters. The molecule has 5 heteroatoms. The number of hydrogen-bond donors (Lipinski definition) is 1. The van der Waals surface area contributed by atoms with E-state index < -0.39 is 0 Å². The van der Waals surface area contributed by atoms with E-state index in [9.17, 15) is 0 Å². The van der Waals surface area contributed by atoms with Gasteiger partial charge in [0.1, 0.15) is 5.82 Å². The van der Waals surface area contributed by atoms with Gasteiger partial charge in [0.15, 0.2) is 0 Å². The van der Waals surface area contributed by atoms with Gasteiger partial charge in [0.05, 0.1) is 18.2 Å². The van der Waals surface area contributed by atoms with Gasteiger partial charge in [0.25, 0.3) is 0 Å². The second-order valence-corrected chi connectivity index (χ2v) is 6.60. The van der Waals surface area contributed by atoms with Crippen molar-refractivity contribution in [1.29, 1.82) is 0 Å². The molecule has 0 aliphatic carbocycles. The summed E-state index contributed by atoms with van der Waals surface area (Å²) in [6, 6.07) is 8.53. The van der Waals surface area contributed by atoms with Crippen LogP contribution in [0.2, 0.25) is 0 Å². The van der Waals surface area contributed by atoms with Crippen molar-refractivity contribution in [3.05, 3.63) is 52.7 Å². The zero-order valence-corrected chi connectivity index (χ0v) is 13.0. The Bertz CT molecular complexity index is 727. The monoisotopic (exact) mass is 298 g/mol. The molecule has 1 unspecified atom stereocenters. The molecule has 0 bridgehead atoms. The van der Waals surface area contributed by atoms with E-state index in [1.165, 1.54) is 9.75 Å². The number of thiophene rings is 1. The minimum Gasteiger partial charge on any atom is -0.384 e. The Balaban J connectivity index is 1.86. The number of aromatic nitrogens is 3. The Morgan fingerprint density at radius 2 is 2.10 bits per heavy atom. The van der Waals surface area contributed by atoms with E-state index in [1.54, 1.807) is 6.20 Å². The fraction of sp³-hybridized carbons (Fsp3) is 0.250. The van der Waals surface area contributed by atoms with Crippen molar-refractivity contribution >= 4 is 17.2 Å². The average Bonchev–Trinajstić information content (AvgIpc) is 3.09. The first-order chi connectivity index (χ1) is 10.1. The van der Waals surface area contributed by atoms with Gasteiger partial charge in [-0.05, 0) is 38.1 Å². The quantitative estimate of drug-likeness (QED) is 0.799. The number of anilines is 1. The first-order valence-electron chi connectivity index (χ1n) is 6.92. The van der Waals surface area contributed by atoms with E-state index in [-0.39, 0.29) is 0 Å². The molecule has 0 aromatic carbocycles. The van der Waals surface area contributed by atoms with Gasteiger partial charge >= 0.3 is 0 Å². The highest BCUT2D eigenvalue weighted by atomic mass is 32.1. The third kappa shape index (κ3) is 2.97. The summed E-state index contributed by atoms with van der Waals surface area (Å²) in [5, 5.41) is 0. The van der Waals surface area contributed by atoms with Crippen molar-refractivity contribution in [3.63, 3.8) is 0 Å². The normalized spacial score (nSPS) is 12.5. The van der Waals surface area contributed by atoms with Crippen LogP contribution in [0.3, 0.4) is 0 Å². The van der Waals surface area contributed by atoms with Gasteiger partial charge in [-0.1, -0.05) is 0 Å². The van der Waals surface area contributed by atoms with Gasteiger partial charge in [0, 0.05) is 34.0 Å². The number of pyridine rings is 1. The Labute approximate surface area is 128 Å². The first kappa shape index (κ1) is 13.8. The van der Waals surface area contributed by atoms with E-state index >= 15 is 0 Å². The maximum Gasteiger partial charge on any atom is 0.123 e. The molecule has 0 fully saturated rings. The van der Waals surface area contributed by atoms with E-state index in [1.807, 2.05) is 36.0 Å². The standard InChI is InChI=1S/C16H18N4S/c1-11(7-14-5-3-12(2)21-14)20-10-18-9-15(20)13-4-6-16(17)19-8-13/h3-6,8-11H,7H2,1-2H3,(H2,17,19). The van der Waals surface area contributed by atoms with Gasteiger partial charge < -0.3 is 10.3 Å². The number of nitrogens with zero attached hydrogens (tertiary/aromatic N) is 3. The summed E-state index contributed by atoms with van der Waals surface area (Å²) in [7, 11) is 0. The van der Waals surface area contributed by atoms with Gasteiger partial charge in [-0.25, -0.2) is 9.97 Å². The van der Waals surface area contributed by atoms with Crippen LogP contribution in [0.1, 0.15) is 22.7 Å². The molecule has 3 rings (SSSR count). The number of rotatable bonds is 4. The second-order valence-electron chi connectivity index (χ2n) is 5.22. The van der Waals surface area contributed by atoms with E-state index in [0.29, 0.717) is 11.9 Å². The van der Waals surface area contributed by atoms with Crippen molar-refractivity contribution in [2.45, 2.75) is 26.3 Å². The lowest BCUT2D eigenvalue weighted by Crippen LogP contribution is -2.08. The molecule has 0 spiro atoms. The summed E-state index contributed by atoms with van der Waals surface area (Å²) in [4.78, 5) is 11.2. The zero-order chi connectivity index (χ0) is 14.8. The van der Waals surface area contributed by atoms with Crippen molar-refractivity contribution in [1.82, 2.24) is 14.5 Å². The highest BCUT2D eigenvalue weighted by Gasteiger charge is 2.13. The Kier molecular flexibility index (Phi) is 3.75. The lowest BCUT2D eigenvalue weighted by Gasteiger charge is -2.16. The highest BCUT2D eigenvalue weighted by molar-refractivity contribution is 7.11. The SMILES string of the molecule is Cc1ccc(CC(C)n2cncc2-c2ccc(N)nc2)s1. The van der Waals surface area contributed by atoms with E-state index in [4.69, 9.17) is 5.73 Å². The molecular weight excluding hydrogens is 280 g/mol. The summed E-state index contributed by atoms with van der Waals surface area (Å²) in [5.41, 5.74) is 7.76. The second kappa shape index (κ2) is 5.69. The number of nitrogen functional groups attached to an aromatic ring is 1. The van der Waals surface area contributed by atoms with Crippen molar-refractivity contribution in [2.75, 3.05) is 5.73 Å². The maximum absolute atomic E-state index is 5.65.